The summed E-state index contributed by atoms with van der Waals surface area (Å²) < 4.78 is 0. The number of anilines is 1. The van der Waals surface area contributed by atoms with E-state index in [1.54, 1.807) is 42.5 Å². The summed E-state index contributed by atoms with van der Waals surface area (Å²) in [6, 6.07) is 13.3. The van der Waals surface area contributed by atoms with E-state index in [2.05, 4.69) is 21.5 Å². The van der Waals surface area contributed by atoms with Crippen LogP contribution in [-0.2, 0) is 9.59 Å². The molecule has 144 valence electrons. The number of hydrogen-bond donors (Lipinski definition) is 4. The molecule has 28 heavy (non-hydrogen) atoms. The van der Waals surface area contributed by atoms with Gasteiger partial charge in [0.2, 0.25) is 11.8 Å². The minimum absolute atomic E-state index is 0.0722. The second kappa shape index (κ2) is 10.2. The Morgan fingerprint density at radius 2 is 1.68 bits per heavy atom. The topological polar surface area (TPSA) is 99.3 Å². The quantitative estimate of drug-likeness (QED) is 0.349. The number of benzene rings is 2. The Labute approximate surface area is 172 Å². The molecule has 9 heteroatoms. The number of amides is 3. The van der Waals surface area contributed by atoms with Crippen molar-refractivity contribution in [3.05, 3.63) is 70.8 Å². The number of rotatable bonds is 4. The van der Waals surface area contributed by atoms with Crippen molar-refractivity contribution in [3.8, 4) is 0 Å². The average molecular weight is 417 g/mol. The van der Waals surface area contributed by atoms with Gasteiger partial charge in [0.1, 0.15) is 0 Å². The van der Waals surface area contributed by atoms with Crippen LogP contribution >= 0.6 is 23.8 Å². The molecule has 0 aliphatic rings. The fourth-order valence-corrected chi connectivity index (χ4v) is 2.40. The fourth-order valence-electron chi connectivity index (χ4n) is 2.05. The third kappa shape index (κ3) is 6.82. The van der Waals surface area contributed by atoms with Gasteiger partial charge in [0.15, 0.2) is 5.11 Å². The molecule has 0 aliphatic carbocycles. The Hall–Kier alpha value is -3.23. The highest BCUT2D eigenvalue weighted by Crippen LogP contribution is 2.16. The van der Waals surface area contributed by atoms with Crippen molar-refractivity contribution in [2.24, 2.45) is 0 Å². The van der Waals surface area contributed by atoms with Crippen molar-refractivity contribution >= 4 is 58.4 Å². The predicted molar refractivity (Wildman–Crippen MR) is 113 cm³/mol. The van der Waals surface area contributed by atoms with Gasteiger partial charge in [-0.3, -0.25) is 30.6 Å². The normalized spacial score (nSPS) is 10.2. The zero-order valence-electron chi connectivity index (χ0n) is 14.8. The van der Waals surface area contributed by atoms with E-state index in [1.165, 1.54) is 25.1 Å². The minimum Gasteiger partial charge on any atom is -0.326 e. The van der Waals surface area contributed by atoms with Gasteiger partial charge in [-0.25, -0.2) is 0 Å². The number of nitrogens with one attached hydrogen (secondary N) is 4. The highest BCUT2D eigenvalue weighted by Gasteiger charge is 2.07. The molecule has 3 amide bonds. The van der Waals surface area contributed by atoms with Gasteiger partial charge in [0, 0.05) is 29.3 Å². The molecule has 0 saturated carbocycles. The molecule has 2 rings (SSSR count). The summed E-state index contributed by atoms with van der Waals surface area (Å²) in [5.74, 6) is -1.15. The lowest BCUT2D eigenvalue weighted by Crippen LogP contribution is -2.48. The summed E-state index contributed by atoms with van der Waals surface area (Å²) in [7, 11) is 0. The first-order chi connectivity index (χ1) is 13.3. The molecular weight excluding hydrogens is 400 g/mol. The van der Waals surface area contributed by atoms with Crippen LogP contribution < -0.4 is 21.5 Å². The monoisotopic (exact) mass is 416 g/mol. The Kier molecular flexibility index (Phi) is 7.67. The summed E-state index contributed by atoms with van der Waals surface area (Å²) in [5.41, 5.74) is 6.41. The Bertz CT molecular complexity index is 929. The molecule has 0 fully saturated rings. The molecule has 0 aliphatic heterocycles. The third-order valence-corrected chi connectivity index (χ3v) is 3.86. The van der Waals surface area contributed by atoms with Crippen molar-refractivity contribution < 1.29 is 14.4 Å². The van der Waals surface area contributed by atoms with E-state index in [4.69, 9.17) is 23.8 Å². The first-order valence-electron chi connectivity index (χ1n) is 8.06. The lowest BCUT2D eigenvalue weighted by Gasteiger charge is -2.10. The summed E-state index contributed by atoms with van der Waals surface area (Å²) >= 11 is 11.0. The van der Waals surface area contributed by atoms with Gasteiger partial charge in [-0.15, -0.1) is 0 Å². The summed E-state index contributed by atoms with van der Waals surface area (Å²) in [6.07, 6.45) is 2.83. The number of halogens is 1. The standard InChI is InChI=1S/C19H17ClN4O3S/c1-12(25)21-15-9-6-14(7-10-15)18(27)23-24-19(28)22-17(26)11-8-13-4-2-3-5-16(13)20/h2-11H,1H3,(H,21,25)(H,23,27)(H2,22,24,26,28)/b11-8+. The van der Waals surface area contributed by atoms with E-state index >= 15 is 0 Å². The number of hydrazine groups is 1. The van der Waals surface area contributed by atoms with Crippen LogP contribution in [0.1, 0.15) is 22.8 Å². The zero-order valence-corrected chi connectivity index (χ0v) is 16.4. The Morgan fingerprint density at radius 1 is 1.00 bits per heavy atom. The number of carbonyl (C=O) groups is 3. The average Bonchev–Trinajstić information content (AvgIpc) is 2.65. The molecule has 2 aromatic rings. The second-order valence-corrected chi connectivity index (χ2v) is 6.33. The number of hydrogen-bond acceptors (Lipinski definition) is 4. The van der Waals surface area contributed by atoms with Gasteiger partial charge in [-0.1, -0.05) is 29.8 Å². The predicted octanol–water partition coefficient (Wildman–Crippen LogP) is 2.65. The van der Waals surface area contributed by atoms with E-state index in [9.17, 15) is 14.4 Å². The van der Waals surface area contributed by atoms with Crippen LogP contribution in [-0.4, -0.2) is 22.8 Å². The van der Waals surface area contributed by atoms with E-state index in [0.29, 0.717) is 21.8 Å². The smallest absolute Gasteiger partial charge is 0.269 e. The second-order valence-electron chi connectivity index (χ2n) is 5.51. The van der Waals surface area contributed by atoms with Crippen LogP contribution in [0.2, 0.25) is 5.02 Å². The highest BCUT2D eigenvalue weighted by molar-refractivity contribution is 7.80. The fraction of sp³-hybridized carbons (Fsp3) is 0.0526. The van der Waals surface area contributed by atoms with Gasteiger partial charge in [0.25, 0.3) is 5.91 Å². The van der Waals surface area contributed by atoms with E-state index < -0.39 is 11.8 Å². The molecule has 0 unspecified atom stereocenters. The molecule has 0 atom stereocenters. The molecule has 0 aromatic heterocycles. The molecule has 7 nitrogen and oxygen atoms in total. The van der Waals surface area contributed by atoms with E-state index in [0.717, 1.165) is 0 Å². The molecular formula is C19H17ClN4O3S. The van der Waals surface area contributed by atoms with E-state index in [-0.39, 0.29) is 11.0 Å². The van der Waals surface area contributed by atoms with Crippen molar-refractivity contribution in [1.29, 1.82) is 0 Å². The zero-order chi connectivity index (χ0) is 20.5. The lowest BCUT2D eigenvalue weighted by atomic mass is 10.2. The van der Waals surface area contributed by atoms with Crippen molar-refractivity contribution in [3.63, 3.8) is 0 Å². The van der Waals surface area contributed by atoms with E-state index in [1.807, 2.05) is 0 Å². The van der Waals surface area contributed by atoms with Gasteiger partial charge in [0.05, 0.1) is 0 Å². The molecule has 0 radical (unpaired) electrons. The third-order valence-electron chi connectivity index (χ3n) is 3.31. The molecule has 0 saturated heterocycles. The largest absolute Gasteiger partial charge is 0.326 e. The Balaban J connectivity index is 1.81. The van der Waals surface area contributed by atoms with Crippen LogP contribution in [0.15, 0.2) is 54.6 Å². The van der Waals surface area contributed by atoms with Gasteiger partial charge < -0.3 is 5.32 Å². The van der Waals surface area contributed by atoms with Crippen LogP contribution in [0.3, 0.4) is 0 Å². The highest BCUT2D eigenvalue weighted by atomic mass is 35.5. The SMILES string of the molecule is CC(=O)Nc1ccc(C(=O)NNC(=S)NC(=O)/C=C/c2ccccc2Cl)cc1. The van der Waals surface area contributed by atoms with Crippen LogP contribution in [0.25, 0.3) is 6.08 Å². The molecule has 4 N–H and O–H groups in total. The number of thiocarbonyl (C=S) groups is 1. The molecule has 0 bridgehead atoms. The molecule has 2 aromatic carbocycles. The summed E-state index contributed by atoms with van der Waals surface area (Å²) in [6.45, 7) is 1.39. The molecule has 0 heterocycles. The molecule has 0 spiro atoms. The van der Waals surface area contributed by atoms with Crippen molar-refractivity contribution in [2.75, 3.05) is 5.32 Å². The van der Waals surface area contributed by atoms with Gasteiger partial charge >= 0.3 is 0 Å². The summed E-state index contributed by atoms with van der Waals surface area (Å²) in [5, 5.41) is 5.44. The maximum Gasteiger partial charge on any atom is 0.269 e. The lowest BCUT2D eigenvalue weighted by molar-refractivity contribution is -0.115. The first-order valence-corrected chi connectivity index (χ1v) is 8.85. The van der Waals surface area contributed by atoms with Crippen LogP contribution in [0, 0.1) is 0 Å². The maximum absolute atomic E-state index is 12.1. The Morgan fingerprint density at radius 3 is 2.32 bits per heavy atom. The van der Waals surface area contributed by atoms with Gasteiger partial charge in [-0.2, -0.15) is 0 Å². The summed E-state index contributed by atoms with van der Waals surface area (Å²) in [4.78, 5) is 34.9. The van der Waals surface area contributed by atoms with Crippen LogP contribution in [0.5, 0.6) is 0 Å². The minimum atomic E-state index is -0.480. The van der Waals surface area contributed by atoms with Crippen LogP contribution in [0.4, 0.5) is 5.69 Å². The number of carbonyl (C=O) groups excluding carboxylic acids is 3. The first kappa shape index (κ1) is 21.1. The van der Waals surface area contributed by atoms with Crippen molar-refractivity contribution in [1.82, 2.24) is 16.2 Å². The van der Waals surface area contributed by atoms with Gasteiger partial charge in [-0.05, 0) is 54.2 Å². The van der Waals surface area contributed by atoms with Crippen molar-refractivity contribution in [2.45, 2.75) is 6.92 Å². The maximum atomic E-state index is 12.1.